The molecule has 0 radical (unpaired) electrons. The lowest BCUT2D eigenvalue weighted by Gasteiger charge is -2.33. The van der Waals surface area contributed by atoms with Crippen LogP contribution in [0.25, 0.3) is 27.9 Å². The Hall–Kier alpha value is -3.03. The topological polar surface area (TPSA) is 72.9 Å². The number of hydrogen-bond acceptors (Lipinski definition) is 5. The SMILES string of the molecule is Cc1nc2ccc(-c3ccn4nc(NCC5(F)CCC5)ncc34)nc2n1C. The van der Waals surface area contributed by atoms with E-state index in [-0.39, 0.29) is 6.54 Å². The summed E-state index contributed by atoms with van der Waals surface area (Å²) in [6, 6.07) is 5.90. The molecule has 138 valence electrons. The zero-order valence-corrected chi connectivity index (χ0v) is 15.3. The number of halogens is 1. The van der Waals surface area contributed by atoms with Crippen molar-refractivity contribution in [3.05, 3.63) is 36.4 Å². The third kappa shape index (κ3) is 2.63. The van der Waals surface area contributed by atoms with Crippen LogP contribution in [0.4, 0.5) is 10.3 Å². The van der Waals surface area contributed by atoms with Crippen LogP contribution in [0.15, 0.2) is 30.6 Å². The number of anilines is 1. The van der Waals surface area contributed by atoms with E-state index in [2.05, 4.69) is 20.4 Å². The Morgan fingerprint density at radius 1 is 1.22 bits per heavy atom. The van der Waals surface area contributed by atoms with E-state index in [1.807, 2.05) is 42.9 Å². The number of alkyl halides is 1. The first-order valence-corrected chi connectivity index (χ1v) is 9.10. The summed E-state index contributed by atoms with van der Waals surface area (Å²) in [7, 11) is 1.96. The minimum absolute atomic E-state index is 0.255. The third-order valence-electron chi connectivity index (χ3n) is 5.45. The van der Waals surface area contributed by atoms with Crippen LogP contribution in [0.3, 0.4) is 0 Å². The van der Waals surface area contributed by atoms with Gasteiger partial charge in [-0.1, -0.05) is 0 Å². The van der Waals surface area contributed by atoms with E-state index in [4.69, 9.17) is 4.98 Å². The summed E-state index contributed by atoms with van der Waals surface area (Å²) in [6.45, 7) is 2.22. The minimum Gasteiger partial charge on any atom is -0.350 e. The van der Waals surface area contributed by atoms with Crippen molar-refractivity contribution in [1.82, 2.24) is 29.1 Å². The number of imidazole rings is 1. The summed E-state index contributed by atoms with van der Waals surface area (Å²) < 4.78 is 17.9. The van der Waals surface area contributed by atoms with Crippen molar-refractivity contribution in [2.45, 2.75) is 31.9 Å². The molecule has 7 nitrogen and oxygen atoms in total. The fraction of sp³-hybridized carbons (Fsp3) is 0.368. The van der Waals surface area contributed by atoms with Crippen molar-refractivity contribution < 1.29 is 4.39 Å². The molecule has 0 bridgehead atoms. The molecule has 4 aromatic heterocycles. The Kier molecular flexibility index (Phi) is 3.43. The molecule has 27 heavy (non-hydrogen) atoms. The van der Waals surface area contributed by atoms with Crippen LogP contribution in [0.2, 0.25) is 0 Å². The second-order valence-corrected chi connectivity index (χ2v) is 7.26. The maximum Gasteiger partial charge on any atom is 0.241 e. The van der Waals surface area contributed by atoms with E-state index in [1.54, 1.807) is 10.7 Å². The molecule has 0 saturated heterocycles. The molecule has 4 heterocycles. The first-order chi connectivity index (χ1) is 13.0. The average Bonchev–Trinajstić information content (AvgIpc) is 3.19. The molecule has 0 atom stereocenters. The van der Waals surface area contributed by atoms with E-state index in [0.29, 0.717) is 18.8 Å². The zero-order chi connectivity index (χ0) is 18.6. The normalized spacial score (nSPS) is 16.0. The highest BCUT2D eigenvalue weighted by Gasteiger charge is 2.36. The fourth-order valence-corrected chi connectivity index (χ4v) is 3.50. The van der Waals surface area contributed by atoms with Crippen LogP contribution >= 0.6 is 0 Å². The highest BCUT2D eigenvalue weighted by atomic mass is 19.1. The van der Waals surface area contributed by atoms with Crippen molar-refractivity contribution in [3.8, 4) is 11.3 Å². The molecule has 4 aromatic rings. The summed E-state index contributed by atoms with van der Waals surface area (Å²) in [4.78, 5) is 13.6. The standard InChI is InChI=1S/C19H20FN7/c1-12-23-15-5-4-14(24-17(15)26(12)2)13-6-9-27-16(13)10-21-18(25-27)22-11-19(20)7-3-8-19/h4-6,9-10H,3,7-8,11H2,1-2H3,(H,22,25). The number of fused-ring (bicyclic) bond motifs is 2. The van der Waals surface area contributed by atoms with Crippen molar-refractivity contribution >= 4 is 22.6 Å². The molecule has 8 heteroatoms. The van der Waals surface area contributed by atoms with E-state index < -0.39 is 5.67 Å². The van der Waals surface area contributed by atoms with E-state index in [9.17, 15) is 4.39 Å². The molecular weight excluding hydrogens is 345 g/mol. The Bertz CT molecular complexity index is 1160. The van der Waals surface area contributed by atoms with Gasteiger partial charge in [-0.25, -0.2) is 23.9 Å². The summed E-state index contributed by atoms with van der Waals surface area (Å²) in [5.74, 6) is 1.35. The fourth-order valence-electron chi connectivity index (χ4n) is 3.50. The van der Waals surface area contributed by atoms with Gasteiger partial charge in [0.2, 0.25) is 5.95 Å². The lowest BCUT2D eigenvalue weighted by Crippen LogP contribution is -2.39. The molecule has 0 aromatic carbocycles. The molecule has 0 amide bonds. The number of pyridine rings is 1. The number of nitrogens with zero attached hydrogens (tertiary/aromatic N) is 6. The second-order valence-electron chi connectivity index (χ2n) is 7.26. The molecule has 5 rings (SSSR count). The van der Waals surface area contributed by atoms with Crippen LogP contribution in [-0.4, -0.2) is 41.3 Å². The third-order valence-corrected chi connectivity index (χ3v) is 5.45. The molecule has 0 spiro atoms. The molecule has 1 saturated carbocycles. The van der Waals surface area contributed by atoms with Crippen molar-refractivity contribution in [1.29, 1.82) is 0 Å². The van der Waals surface area contributed by atoms with Crippen molar-refractivity contribution in [2.75, 3.05) is 11.9 Å². The summed E-state index contributed by atoms with van der Waals surface area (Å²) >= 11 is 0. The molecule has 1 aliphatic carbocycles. The van der Waals surface area contributed by atoms with Crippen LogP contribution in [-0.2, 0) is 7.05 Å². The van der Waals surface area contributed by atoms with E-state index >= 15 is 0 Å². The number of nitrogens with one attached hydrogen (secondary N) is 1. The van der Waals surface area contributed by atoms with E-state index in [1.165, 1.54) is 0 Å². The van der Waals surface area contributed by atoms with Gasteiger partial charge in [0, 0.05) is 18.8 Å². The van der Waals surface area contributed by atoms with Gasteiger partial charge in [0.05, 0.1) is 24.0 Å². The number of aromatic nitrogens is 6. The Morgan fingerprint density at radius 3 is 2.85 bits per heavy atom. The molecule has 1 N–H and O–H groups in total. The average molecular weight is 365 g/mol. The maximum atomic E-state index is 14.2. The van der Waals surface area contributed by atoms with Gasteiger partial charge < -0.3 is 9.88 Å². The Labute approximate surface area is 155 Å². The van der Waals surface area contributed by atoms with Gasteiger partial charge in [-0.2, -0.15) is 0 Å². The Morgan fingerprint density at radius 2 is 2.07 bits per heavy atom. The predicted octanol–water partition coefficient (Wildman–Crippen LogP) is 3.29. The first-order valence-electron chi connectivity index (χ1n) is 9.10. The van der Waals surface area contributed by atoms with Crippen LogP contribution in [0.5, 0.6) is 0 Å². The lowest BCUT2D eigenvalue weighted by atomic mass is 9.82. The van der Waals surface area contributed by atoms with Crippen molar-refractivity contribution in [3.63, 3.8) is 0 Å². The van der Waals surface area contributed by atoms with Crippen molar-refractivity contribution in [2.24, 2.45) is 7.05 Å². The summed E-state index contributed by atoms with van der Waals surface area (Å²) in [6.07, 6.45) is 5.78. The number of rotatable bonds is 4. The van der Waals surface area contributed by atoms with Gasteiger partial charge in [-0.15, -0.1) is 5.10 Å². The predicted molar refractivity (Wildman–Crippen MR) is 101 cm³/mol. The van der Waals surface area contributed by atoms with Gasteiger partial charge in [-0.05, 0) is 44.4 Å². The maximum absolute atomic E-state index is 14.2. The van der Waals surface area contributed by atoms with E-state index in [0.717, 1.165) is 40.2 Å². The zero-order valence-electron chi connectivity index (χ0n) is 15.3. The molecular formula is C19H20FN7. The minimum atomic E-state index is -1.11. The van der Waals surface area contributed by atoms with Gasteiger partial charge >= 0.3 is 0 Å². The molecule has 0 unspecified atom stereocenters. The second kappa shape index (κ2) is 5.73. The first kappa shape index (κ1) is 16.2. The summed E-state index contributed by atoms with van der Waals surface area (Å²) in [5.41, 5.74) is 3.25. The van der Waals surface area contributed by atoms with Gasteiger partial charge in [-0.3, -0.25) is 0 Å². The van der Waals surface area contributed by atoms with Crippen LogP contribution in [0.1, 0.15) is 25.1 Å². The molecule has 1 aliphatic rings. The Balaban J connectivity index is 1.48. The van der Waals surface area contributed by atoms with Gasteiger partial charge in [0.15, 0.2) is 5.65 Å². The number of hydrogen-bond donors (Lipinski definition) is 1. The van der Waals surface area contributed by atoms with Crippen LogP contribution < -0.4 is 5.32 Å². The number of aryl methyl sites for hydroxylation is 2. The largest absolute Gasteiger partial charge is 0.350 e. The van der Waals surface area contributed by atoms with Gasteiger partial charge in [0.1, 0.15) is 17.0 Å². The van der Waals surface area contributed by atoms with Gasteiger partial charge in [0.25, 0.3) is 0 Å². The highest BCUT2D eigenvalue weighted by Crippen LogP contribution is 2.35. The smallest absolute Gasteiger partial charge is 0.241 e. The summed E-state index contributed by atoms with van der Waals surface area (Å²) in [5, 5.41) is 7.47. The lowest BCUT2D eigenvalue weighted by molar-refractivity contribution is 0.0782. The van der Waals surface area contributed by atoms with Crippen LogP contribution in [0, 0.1) is 6.92 Å². The molecule has 0 aliphatic heterocycles. The monoisotopic (exact) mass is 365 g/mol. The molecule has 1 fully saturated rings. The highest BCUT2D eigenvalue weighted by molar-refractivity contribution is 5.82. The quantitative estimate of drug-likeness (QED) is 0.601.